The second kappa shape index (κ2) is 6.27. The van der Waals surface area contributed by atoms with Crippen LogP contribution in [0.25, 0.3) is 0 Å². The van der Waals surface area contributed by atoms with E-state index in [1.165, 1.54) is 4.90 Å². The van der Waals surface area contributed by atoms with Gasteiger partial charge < -0.3 is 4.90 Å². The van der Waals surface area contributed by atoms with Gasteiger partial charge in [-0.15, -0.1) is 0 Å². The number of rotatable bonds is 4. The molecule has 0 saturated carbocycles. The molecule has 25 heavy (non-hydrogen) atoms. The molecular formula is C19H20N4O2. The van der Waals surface area contributed by atoms with E-state index in [0.29, 0.717) is 13.0 Å². The van der Waals surface area contributed by atoms with Crippen LogP contribution in [0.1, 0.15) is 35.8 Å². The van der Waals surface area contributed by atoms with Crippen molar-refractivity contribution in [2.24, 2.45) is 0 Å². The van der Waals surface area contributed by atoms with E-state index in [1.54, 1.807) is 17.3 Å². The van der Waals surface area contributed by atoms with Gasteiger partial charge in [0.05, 0.1) is 17.4 Å². The Hall–Kier alpha value is -2.76. The van der Waals surface area contributed by atoms with Crippen LogP contribution >= 0.6 is 0 Å². The lowest BCUT2D eigenvalue weighted by Crippen LogP contribution is -2.35. The summed E-state index contributed by atoms with van der Waals surface area (Å²) >= 11 is 0. The molecule has 2 aliphatic heterocycles. The van der Waals surface area contributed by atoms with Gasteiger partial charge in [-0.05, 0) is 25.3 Å². The first-order chi connectivity index (χ1) is 12.2. The first-order valence-electron chi connectivity index (χ1n) is 8.62. The average Bonchev–Trinajstić information content (AvgIpc) is 3.17. The Kier molecular flexibility index (Phi) is 3.95. The highest BCUT2D eigenvalue weighted by molar-refractivity contribution is 6.04. The van der Waals surface area contributed by atoms with Gasteiger partial charge in [-0.1, -0.05) is 30.3 Å². The molecule has 0 spiro atoms. The topological polar surface area (TPSA) is 66.4 Å². The van der Waals surface area contributed by atoms with Crippen molar-refractivity contribution in [3.05, 3.63) is 59.7 Å². The molecule has 3 heterocycles. The molecule has 4 rings (SSSR count). The number of aromatic nitrogens is 2. The Morgan fingerprint density at radius 2 is 1.76 bits per heavy atom. The number of imide groups is 1. The number of aryl methyl sites for hydroxylation is 1. The minimum atomic E-state index is -0.319. The number of urea groups is 1. The summed E-state index contributed by atoms with van der Waals surface area (Å²) in [5, 5.41) is 0. The van der Waals surface area contributed by atoms with Crippen LogP contribution < -0.4 is 0 Å². The molecule has 0 aliphatic carbocycles. The van der Waals surface area contributed by atoms with Crippen LogP contribution in [0.4, 0.5) is 4.79 Å². The normalized spacial score (nSPS) is 22.6. The van der Waals surface area contributed by atoms with Crippen molar-refractivity contribution in [3.8, 4) is 0 Å². The number of amides is 3. The van der Waals surface area contributed by atoms with Gasteiger partial charge in [0, 0.05) is 25.4 Å². The molecule has 0 radical (unpaired) electrons. The zero-order valence-corrected chi connectivity index (χ0v) is 14.1. The fraction of sp³-hybridized carbons (Fsp3) is 0.368. The second-order valence-corrected chi connectivity index (χ2v) is 6.54. The van der Waals surface area contributed by atoms with Crippen molar-refractivity contribution in [1.29, 1.82) is 0 Å². The van der Waals surface area contributed by atoms with Crippen LogP contribution in [0.15, 0.2) is 42.7 Å². The van der Waals surface area contributed by atoms with Crippen LogP contribution in [-0.4, -0.2) is 44.3 Å². The highest BCUT2D eigenvalue weighted by Gasteiger charge is 2.51. The predicted molar refractivity (Wildman–Crippen MR) is 91.6 cm³/mol. The molecule has 6 nitrogen and oxygen atoms in total. The summed E-state index contributed by atoms with van der Waals surface area (Å²) in [6.07, 6.45) is 5.38. The van der Waals surface area contributed by atoms with E-state index in [-0.39, 0.29) is 24.0 Å². The molecule has 1 aromatic heterocycles. The molecule has 0 unspecified atom stereocenters. The first kappa shape index (κ1) is 15.7. The Bertz CT molecular complexity index is 808. The quantitative estimate of drug-likeness (QED) is 0.805. The smallest absolute Gasteiger partial charge is 0.305 e. The molecule has 2 atom stereocenters. The largest absolute Gasteiger partial charge is 0.327 e. The SMILES string of the molecule is Cc1nccnc1CCN1C(=O)[C@@H]2CC[C@@H](c3ccccc3)N2C1=O. The lowest BCUT2D eigenvalue weighted by molar-refractivity contribution is -0.128. The highest BCUT2D eigenvalue weighted by Crippen LogP contribution is 2.40. The van der Waals surface area contributed by atoms with E-state index < -0.39 is 0 Å². The third-order valence-corrected chi connectivity index (χ3v) is 5.13. The van der Waals surface area contributed by atoms with Gasteiger partial charge in [-0.3, -0.25) is 19.7 Å². The molecule has 1 aromatic carbocycles. The number of carbonyl (C=O) groups excluding carboxylic acids is 2. The first-order valence-corrected chi connectivity index (χ1v) is 8.62. The molecule has 2 fully saturated rings. The summed E-state index contributed by atoms with van der Waals surface area (Å²) in [4.78, 5) is 37.2. The third kappa shape index (κ3) is 2.67. The molecule has 2 aromatic rings. The van der Waals surface area contributed by atoms with Crippen molar-refractivity contribution < 1.29 is 9.59 Å². The number of carbonyl (C=O) groups is 2. The van der Waals surface area contributed by atoms with E-state index in [0.717, 1.165) is 29.8 Å². The molecular weight excluding hydrogens is 316 g/mol. The zero-order chi connectivity index (χ0) is 17.4. The van der Waals surface area contributed by atoms with Crippen molar-refractivity contribution in [3.63, 3.8) is 0 Å². The molecule has 2 aliphatic rings. The number of hydrogen-bond acceptors (Lipinski definition) is 4. The second-order valence-electron chi connectivity index (χ2n) is 6.54. The van der Waals surface area contributed by atoms with Crippen LogP contribution in [0.3, 0.4) is 0 Å². The van der Waals surface area contributed by atoms with Gasteiger partial charge in [0.2, 0.25) is 0 Å². The molecule has 6 heteroatoms. The summed E-state index contributed by atoms with van der Waals surface area (Å²) in [6, 6.07) is 9.45. The molecule has 128 valence electrons. The monoisotopic (exact) mass is 336 g/mol. The van der Waals surface area contributed by atoms with Gasteiger partial charge in [0.25, 0.3) is 5.91 Å². The van der Waals surface area contributed by atoms with Gasteiger partial charge in [0.15, 0.2) is 0 Å². The van der Waals surface area contributed by atoms with E-state index >= 15 is 0 Å². The van der Waals surface area contributed by atoms with E-state index in [1.807, 2.05) is 37.3 Å². The number of hydrogen-bond donors (Lipinski definition) is 0. The molecule has 2 saturated heterocycles. The van der Waals surface area contributed by atoms with Crippen molar-refractivity contribution in [2.45, 2.75) is 38.3 Å². The van der Waals surface area contributed by atoms with Gasteiger partial charge in [-0.25, -0.2) is 4.79 Å². The molecule has 0 bridgehead atoms. The van der Waals surface area contributed by atoms with Gasteiger partial charge >= 0.3 is 6.03 Å². The number of benzene rings is 1. The van der Waals surface area contributed by atoms with Crippen LogP contribution in [-0.2, 0) is 11.2 Å². The fourth-order valence-electron chi connectivity index (χ4n) is 3.84. The summed E-state index contributed by atoms with van der Waals surface area (Å²) in [7, 11) is 0. The lowest BCUT2D eigenvalue weighted by atomic mass is 10.0. The maximum absolute atomic E-state index is 12.9. The Labute approximate surface area is 146 Å². The Balaban J connectivity index is 1.52. The fourth-order valence-corrected chi connectivity index (χ4v) is 3.84. The molecule has 0 N–H and O–H groups in total. The van der Waals surface area contributed by atoms with E-state index in [2.05, 4.69) is 9.97 Å². The van der Waals surface area contributed by atoms with Crippen LogP contribution in [0.2, 0.25) is 0 Å². The van der Waals surface area contributed by atoms with E-state index in [4.69, 9.17) is 0 Å². The summed E-state index contributed by atoms with van der Waals surface area (Å²) in [6.45, 7) is 2.24. The van der Waals surface area contributed by atoms with Crippen LogP contribution in [0.5, 0.6) is 0 Å². The Morgan fingerprint density at radius 3 is 2.52 bits per heavy atom. The van der Waals surface area contributed by atoms with Crippen molar-refractivity contribution in [1.82, 2.24) is 19.8 Å². The average molecular weight is 336 g/mol. The van der Waals surface area contributed by atoms with Crippen molar-refractivity contribution in [2.75, 3.05) is 6.54 Å². The number of nitrogens with zero attached hydrogens (tertiary/aromatic N) is 4. The number of fused-ring (bicyclic) bond motifs is 1. The summed E-state index contributed by atoms with van der Waals surface area (Å²) in [5.41, 5.74) is 2.76. The standard InChI is InChI=1S/C19H20N4O2/c1-13-15(21-11-10-20-13)9-12-22-18(24)17-8-7-16(23(17)19(22)25)14-5-3-2-4-6-14/h2-6,10-11,16-17H,7-9,12H2,1H3/t16-,17-/m0/s1. The maximum Gasteiger partial charge on any atom is 0.327 e. The lowest BCUT2D eigenvalue weighted by Gasteiger charge is -2.23. The third-order valence-electron chi connectivity index (χ3n) is 5.13. The van der Waals surface area contributed by atoms with E-state index in [9.17, 15) is 9.59 Å². The minimum absolute atomic E-state index is 0.00842. The van der Waals surface area contributed by atoms with Crippen molar-refractivity contribution >= 4 is 11.9 Å². The summed E-state index contributed by atoms with van der Waals surface area (Å²) in [5.74, 6) is -0.0787. The maximum atomic E-state index is 12.9. The summed E-state index contributed by atoms with van der Waals surface area (Å²) < 4.78 is 0. The highest BCUT2D eigenvalue weighted by atomic mass is 16.2. The van der Waals surface area contributed by atoms with Crippen LogP contribution in [0, 0.1) is 6.92 Å². The van der Waals surface area contributed by atoms with Gasteiger partial charge in [0.1, 0.15) is 6.04 Å². The molecule has 3 amide bonds. The predicted octanol–water partition coefficient (Wildman–Crippen LogP) is 2.50. The zero-order valence-electron chi connectivity index (χ0n) is 14.1. The van der Waals surface area contributed by atoms with Gasteiger partial charge in [-0.2, -0.15) is 0 Å². The Morgan fingerprint density at radius 1 is 1.04 bits per heavy atom. The minimum Gasteiger partial charge on any atom is -0.305 e.